The van der Waals surface area contributed by atoms with Gasteiger partial charge in [0.2, 0.25) is 5.91 Å². The number of carboxylic acid groups (broad SMARTS) is 1. The van der Waals surface area contributed by atoms with Crippen LogP contribution in [0.5, 0.6) is 0 Å². The molecule has 0 saturated carbocycles. The summed E-state index contributed by atoms with van der Waals surface area (Å²) in [7, 11) is -1.46. The Morgan fingerprint density at radius 3 is 2.56 bits per heavy atom. The Bertz CT molecular complexity index is 704. The number of hydrogen-bond acceptors (Lipinski definition) is 5. The van der Waals surface area contributed by atoms with Gasteiger partial charge in [0.25, 0.3) is 0 Å². The second-order valence-electron chi connectivity index (χ2n) is 7.41. The first-order chi connectivity index (χ1) is 13.0. The number of aromatic nitrogens is 1. The highest BCUT2D eigenvalue weighted by Gasteiger charge is 2.47. The predicted molar refractivity (Wildman–Crippen MR) is 105 cm³/mol. The summed E-state index contributed by atoms with van der Waals surface area (Å²) < 4.78 is 0. The average Bonchev–Trinajstić information content (AvgIpc) is 2.97. The van der Waals surface area contributed by atoms with E-state index in [0.29, 0.717) is 6.42 Å². The lowest BCUT2D eigenvalue weighted by atomic mass is 10.1. The van der Waals surface area contributed by atoms with Crippen LogP contribution >= 0.6 is 10.0 Å². The number of aliphatic carboxylic acids is 1. The zero-order valence-electron chi connectivity index (χ0n) is 15.5. The van der Waals surface area contributed by atoms with Crippen LogP contribution in [0, 0.1) is 0 Å². The number of fused-ring (bicyclic) bond motifs is 2. The number of carboxylic acids is 1. The van der Waals surface area contributed by atoms with Crippen molar-refractivity contribution in [3.63, 3.8) is 0 Å². The lowest BCUT2D eigenvalue weighted by Crippen LogP contribution is -2.46. The first kappa shape index (κ1) is 20.1. The molecule has 3 rings (SSSR count). The van der Waals surface area contributed by atoms with Crippen molar-refractivity contribution in [3.05, 3.63) is 23.5 Å². The van der Waals surface area contributed by atoms with E-state index < -0.39 is 22.0 Å². The molecule has 1 saturated heterocycles. The molecule has 0 aliphatic carbocycles. The van der Waals surface area contributed by atoms with Crippen molar-refractivity contribution in [2.45, 2.75) is 61.3 Å². The number of amides is 1. The molecule has 0 bridgehead atoms. The molecule has 3 heterocycles. The summed E-state index contributed by atoms with van der Waals surface area (Å²) in [6, 6.07) is 0.764. The van der Waals surface area contributed by atoms with Gasteiger partial charge in [0, 0.05) is 24.1 Å². The summed E-state index contributed by atoms with van der Waals surface area (Å²) in [6.45, 7) is -0.116. The topological polar surface area (TPSA) is 126 Å². The highest BCUT2D eigenvalue weighted by Crippen LogP contribution is 2.67. The van der Waals surface area contributed by atoms with Gasteiger partial charge >= 0.3 is 5.97 Å². The Morgan fingerprint density at radius 1 is 1.26 bits per heavy atom. The zero-order valence-corrected chi connectivity index (χ0v) is 16.3. The van der Waals surface area contributed by atoms with E-state index in [1.807, 2.05) is 6.07 Å². The van der Waals surface area contributed by atoms with E-state index in [1.165, 1.54) is 6.42 Å². The summed E-state index contributed by atoms with van der Waals surface area (Å²) in [5.74, 6) is 0.704. The zero-order chi connectivity index (χ0) is 19.4. The molecule has 150 valence electrons. The lowest BCUT2D eigenvalue weighted by molar-refractivity contribution is -0.138. The molecule has 2 aliphatic heterocycles. The first-order valence-electron chi connectivity index (χ1n) is 9.61. The molecule has 1 amide bonds. The number of nitrogens with two attached hydrogens (primary N) is 1. The van der Waals surface area contributed by atoms with Gasteiger partial charge in [-0.3, -0.25) is 14.6 Å². The maximum atomic E-state index is 13.1. The molecule has 0 radical (unpaired) electrons. The largest absolute Gasteiger partial charge is 0.480 e. The molecule has 1 aromatic rings. The van der Waals surface area contributed by atoms with Crippen molar-refractivity contribution in [1.82, 2.24) is 10.3 Å². The lowest BCUT2D eigenvalue weighted by Gasteiger charge is -2.44. The Hall–Kier alpha value is -1.64. The maximum Gasteiger partial charge on any atom is 0.322 e. The monoisotopic (exact) mass is 395 g/mol. The van der Waals surface area contributed by atoms with E-state index in [1.54, 1.807) is 6.20 Å². The van der Waals surface area contributed by atoms with Gasteiger partial charge in [0.15, 0.2) is 0 Å². The summed E-state index contributed by atoms with van der Waals surface area (Å²) in [5.41, 5.74) is 7.38. The van der Waals surface area contributed by atoms with Crippen LogP contribution in [0.1, 0.15) is 43.4 Å². The molecule has 27 heavy (non-hydrogen) atoms. The van der Waals surface area contributed by atoms with E-state index in [-0.39, 0.29) is 24.3 Å². The van der Waals surface area contributed by atoms with E-state index in [0.717, 1.165) is 53.3 Å². The van der Waals surface area contributed by atoms with E-state index in [9.17, 15) is 14.7 Å². The minimum Gasteiger partial charge on any atom is -0.480 e. The van der Waals surface area contributed by atoms with Crippen molar-refractivity contribution < 1.29 is 19.8 Å². The van der Waals surface area contributed by atoms with Crippen molar-refractivity contribution >= 4 is 21.9 Å². The van der Waals surface area contributed by atoms with Gasteiger partial charge in [-0.2, -0.15) is 0 Å². The van der Waals surface area contributed by atoms with Gasteiger partial charge in [-0.1, -0.05) is 19.3 Å². The Kier molecular flexibility index (Phi) is 6.39. The van der Waals surface area contributed by atoms with Gasteiger partial charge in [0.1, 0.15) is 6.04 Å². The van der Waals surface area contributed by atoms with Crippen LogP contribution in [0.3, 0.4) is 0 Å². The minimum absolute atomic E-state index is 0.0438. The molecular formula is C19H29N3O4S. The van der Waals surface area contributed by atoms with Crippen LogP contribution in [0.15, 0.2) is 17.2 Å². The van der Waals surface area contributed by atoms with Crippen molar-refractivity contribution in [2.24, 2.45) is 5.73 Å². The molecular weight excluding hydrogens is 366 g/mol. The van der Waals surface area contributed by atoms with Crippen LogP contribution in [-0.2, 0) is 22.6 Å². The number of nitrogens with zero attached hydrogens (tertiary/aromatic N) is 1. The molecule has 1 aromatic heterocycles. The molecule has 1 spiro atoms. The number of pyridine rings is 1. The van der Waals surface area contributed by atoms with Crippen LogP contribution in [0.2, 0.25) is 0 Å². The van der Waals surface area contributed by atoms with Gasteiger partial charge in [-0.25, -0.2) is 10.0 Å². The van der Waals surface area contributed by atoms with Crippen LogP contribution in [0.4, 0.5) is 0 Å². The van der Waals surface area contributed by atoms with Crippen LogP contribution in [-0.4, -0.2) is 56.4 Å². The minimum atomic E-state index is -1.46. The third kappa shape index (κ3) is 3.97. The Morgan fingerprint density at radius 2 is 1.93 bits per heavy atom. The summed E-state index contributed by atoms with van der Waals surface area (Å²) in [4.78, 5) is 29.7. The summed E-state index contributed by atoms with van der Waals surface area (Å²) in [5, 5.41) is 21.4. The molecule has 2 aliphatic rings. The summed E-state index contributed by atoms with van der Waals surface area (Å²) >= 11 is 0. The molecule has 1 unspecified atom stereocenters. The van der Waals surface area contributed by atoms with Gasteiger partial charge < -0.3 is 21.3 Å². The van der Waals surface area contributed by atoms with Crippen molar-refractivity contribution in [3.8, 4) is 0 Å². The van der Waals surface area contributed by atoms with E-state index in [4.69, 9.17) is 10.8 Å². The van der Waals surface area contributed by atoms with Crippen molar-refractivity contribution in [1.29, 1.82) is 0 Å². The fourth-order valence-corrected chi connectivity index (χ4v) is 9.46. The SMILES string of the molecule is N[C@H](CNC(=O)C1Cc2nccc(CO)c2S12CCCCCCC2)C(=O)O. The Labute approximate surface area is 161 Å². The molecule has 1 fully saturated rings. The van der Waals surface area contributed by atoms with Crippen LogP contribution < -0.4 is 11.1 Å². The fourth-order valence-electron chi connectivity index (χ4n) is 4.33. The molecule has 2 atom stereocenters. The number of nitrogens with one attached hydrogen (secondary N) is 1. The Balaban J connectivity index is 1.93. The quantitative estimate of drug-likeness (QED) is 0.593. The van der Waals surface area contributed by atoms with E-state index in [2.05, 4.69) is 10.3 Å². The predicted octanol–water partition coefficient (Wildman–Crippen LogP) is 1.15. The van der Waals surface area contributed by atoms with E-state index >= 15 is 0 Å². The molecule has 0 aromatic carbocycles. The number of carbonyl (C=O) groups excluding carboxylic acids is 1. The molecule has 5 N–H and O–H groups in total. The number of carbonyl (C=O) groups is 2. The fraction of sp³-hybridized carbons (Fsp3) is 0.632. The van der Waals surface area contributed by atoms with Crippen LogP contribution in [0.25, 0.3) is 0 Å². The molecule has 7 nitrogen and oxygen atoms in total. The maximum absolute atomic E-state index is 13.1. The number of aliphatic hydroxyl groups is 1. The second kappa shape index (κ2) is 8.58. The summed E-state index contributed by atoms with van der Waals surface area (Å²) in [6.07, 6.45) is 7.98. The number of hydrogen-bond donors (Lipinski definition) is 4. The normalized spacial score (nSPS) is 23.7. The standard InChI is InChI=1S/C19H29N3O4S/c20-14(19(25)26)11-22-18(24)16-10-15-17(13(12-23)6-7-21-15)27(16)8-4-2-1-3-5-9-27/h6-7,14,16,23H,1-5,8-12,20H2,(H,22,24)(H,25,26)/t14-,16?/m1/s1. The van der Waals surface area contributed by atoms with Crippen molar-refractivity contribution in [2.75, 3.05) is 18.1 Å². The third-order valence-electron chi connectivity index (χ3n) is 5.68. The second-order valence-corrected chi connectivity index (χ2v) is 11.1. The highest BCUT2D eigenvalue weighted by molar-refractivity contribution is 8.35. The average molecular weight is 396 g/mol. The third-order valence-corrected chi connectivity index (χ3v) is 10.5. The highest BCUT2D eigenvalue weighted by atomic mass is 32.3. The molecule has 8 heteroatoms. The van der Waals surface area contributed by atoms with Gasteiger partial charge in [-0.15, -0.1) is 0 Å². The smallest absolute Gasteiger partial charge is 0.322 e. The van der Waals surface area contributed by atoms with Gasteiger partial charge in [-0.05, 0) is 36.0 Å². The van der Waals surface area contributed by atoms with Gasteiger partial charge in [0.05, 0.1) is 17.6 Å². The number of rotatable bonds is 5. The number of aliphatic hydroxyl groups excluding tert-OH is 1. The first-order valence-corrected chi connectivity index (χ1v) is 11.6.